The summed E-state index contributed by atoms with van der Waals surface area (Å²) in [6.07, 6.45) is 0. The molecular weight excluding hydrogens is 266 g/mol. The molecule has 0 bridgehead atoms. The number of anilines is 1. The van der Waals surface area contributed by atoms with Crippen molar-refractivity contribution in [2.45, 2.75) is 18.6 Å². The summed E-state index contributed by atoms with van der Waals surface area (Å²) in [5.41, 5.74) is 0.459. The summed E-state index contributed by atoms with van der Waals surface area (Å²) >= 11 is 1.57. The summed E-state index contributed by atoms with van der Waals surface area (Å²) in [4.78, 5) is 27.9. The second kappa shape index (κ2) is 4.37. The fraction of sp³-hybridized carbons (Fsp3) is 0.455. The number of hydrogen-bond acceptors (Lipinski definition) is 6. The van der Waals surface area contributed by atoms with E-state index in [9.17, 15) is 9.59 Å². The Kier molecular flexibility index (Phi) is 2.81. The Bertz CT molecular complexity index is 733. The van der Waals surface area contributed by atoms with Crippen molar-refractivity contribution in [2.75, 3.05) is 17.6 Å². The van der Waals surface area contributed by atoms with E-state index in [0.29, 0.717) is 23.4 Å². The van der Waals surface area contributed by atoms with Crippen molar-refractivity contribution < 1.29 is 4.79 Å². The van der Waals surface area contributed by atoms with Gasteiger partial charge in [0, 0.05) is 19.3 Å². The Morgan fingerprint density at radius 3 is 3.05 bits per heavy atom. The third kappa shape index (κ3) is 1.92. The molecule has 8 heteroatoms. The van der Waals surface area contributed by atoms with Crippen LogP contribution in [0.15, 0.2) is 9.95 Å². The number of nitrogens with one attached hydrogen (secondary N) is 1. The van der Waals surface area contributed by atoms with E-state index in [1.54, 1.807) is 28.1 Å². The van der Waals surface area contributed by atoms with Crippen LogP contribution in [0.1, 0.15) is 6.92 Å². The number of carbonyl (C=O) groups excluding carboxylic acids is 1. The molecule has 0 aromatic carbocycles. The maximum Gasteiger partial charge on any atom is 0.267 e. The smallest absolute Gasteiger partial charge is 0.267 e. The summed E-state index contributed by atoms with van der Waals surface area (Å²) in [6, 6.07) is 0. The molecule has 2 aromatic rings. The Morgan fingerprint density at radius 1 is 1.53 bits per heavy atom. The lowest BCUT2D eigenvalue weighted by atomic mass is 10.3. The van der Waals surface area contributed by atoms with E-state index in [1.165, 1.54) is 6.92 Å². The molecule has 0 atom stereocenters. The first-order valence-corrected chi connectivity index (χ1v) is 6.90. The van der Waals surface area contributed by atoms with Gasteiger partial charge in [0.2, 0.25) is 0 Å². The summed E-state index contributed by atoms with van der Waals surface area (Å²) in [5, 5.41) is 8.32. The molecular formula is C11H13N5O2S. The lowest BCUT2D eigenvalue weighted by Gasteiger charge is -2.02. The number of aryl methyl sites for hydroxylation is 1. The monoisotopic (exact) mass is 279 g/mol. The maximum absolute atomic E-state index is 12.4. The summed E-state index contributed by atoms with van der Waals surface area (Å²) < 4.78 is 3.23. The van der Waals surface area contributed by atoms with Gasteiger partial charge in [0.05, 0.1) is 6.54 Å². The highest BCUT2D eigenvalue weighted by Gasteiger charge is 2.22. The average Bonchev–Trinajstić information content (AvgIpc) is 2.93. The number of rotatable bonds is 3. The van der Waals surface area contributed by atoms with Gasteiger partial charge < -0.3 is 5.32 Å². The van der Waals surface area contributed by atoms with Crippen molar-refractivity contribution in [3.05, 3.63) is 10.4 Å². The minimum Gasteiger partial charge on any atom is -0.361 e. The molecule has 100 valence electrons. The number of nitrogens with zero attached hydrogens (tertiary/aromatic N) is 4. The number of fused-ring (bicyclic) bond motifs is 2. The number of thioether (sulfide) groups is 1. The van der Waals surface area contributed by atoms with Crippen LogP contribution < -0.4 is 10.9 Å². The normalized spacial score (nSPS) is 13.8. The van der Waals surface area contributed by atoms with Crippen molar-refractivity contribution in [3.63, 3.8) is 0 Å². The van der Waals surface area contributed by atoms with Crippen LogP contribution in [0.5, 0.6) is 0 Å². The summed E-state index contributed by atoms with van der Waals surface area (Å²) in [6.45, 7) is 2.31. The van der Waals surface area contributed by atoms with E-state index in [0.717, 1.165) is 10.9 Å². The first kappa shape index (κ1) is 12.2. The molecule has 19 heavy (non-hydrogen) atoms. The quantitative estimate of drug-likeness (QED) is 0.810. The molecule has 1 aliphatic heterocycles. The van der Waals surface area contributed by atoms with Crippen LogP contribution in [0.3, 0.4) is 0 Å². The van der Waals surface area contributed by atoms with Crippen molar-refractivity contribution >= 4 is 34.4 Å². The van der Waals surface area contributed by atoms with Crippen LogP contribution >= 0.6 is 11.8 Å². The van der Waals surface area contributed by atoms with Gasteiger partial charge in [-0.25, -0.2) is 9.67 Å². The molecule has 0 unspecified atom stereocenters. The number of Topliss-reactive ketones (excluding diaryl/α,β-unsaturated/α-hetero) is 1. The van der Waals surface area contributed by atoms with Crippen LogP contribution in [0.25, 0.3) is 11.0 Å². The van der Waals surface area contributed by atoms with E-state index in [4.69, 9.17) is 0 Å². The third-order valence-electron chi connectivity index (χ3n) is 2.96. The average molecular weight is 279 g/mol. The zero-order valence-electron chi connectivity index (χ0n) is 10.6. The first-order valence-electron chi connectivity index (χ1n) is 5.91. The van der Waals surface area contributed by atoms with Gasteiger partial charge >= 0.3 is 0 Å². The predicted molar refractivity (Wildman–Crippen MR) is 72.7 cm³/mol. The van der Waals surface area contributed by atoms with Crippen molar-refractivity contribution in [3.8, 4) is 0 Å². The van der Waals surface area contributed by atoms with Gasteiger partial charge in [0.25, 0.3) is 5.56 Å². The van der Waals surface area contributed by atoms with Gasteiger partial charge in [-0.15, -0.1) is 0 Å². The molecule has 3 heterocycles. The van der Waals surface area contributed by atoms with Gasteiger partial charge in [-0.1, -0.05) is 11.8 Å². The maximum atomic E-state index is 12.4. The third-order valence-corrected chi connectivity index (χ3v) is 3.92. The number of ketones is 1. The van der Waals surface area contributed by atoms with Gasteiger partial charge in [0.15, 0.2) is 16.6 Å². The number of aromatic nitrogens is 4. The lowest BCUT2D eigenvalue weighted by Crippen LogP contribution is -2.21. The molecule has 1 N–H and O–H groups in total. The van der Waals surface area contributed by atoms with Crippen molar-refractivity contribution in [1.82, 2.24) is 19.3 Å². The molecule has 0 saturated carbocycles. The molecule has 2 aromatic heterocycles. The van der Waals surface area contributed by atoms with Crippen molar-refractivity contribution in [1.29, 1.82) is 0 Å². The minimum absolute atomic E-state index is 0.0106. The number of hydrogen-bond donors (Lipinski definition) is 1. The molecule has 0 amide bonds. The summed E-state index contributed by atoms with van der Waals surface area (Å²) in [5.74, 6) is 1.28. The zero-order valence-corrected chi connectivity index (χ0v) is 11.5. The van der Waals surface area contributed by atoms with Gasteiger partial charge in [-0.05, 0) is 6.92 Å². The standard InChI is InChI=1S/C11H13N5O2S/c1-6(17)5-12-8-7-9(15(2)14-8)13-11-16(10(7)18)3-4-19-11/h3-5H2,1-2H3,(H,12,14). The van der Waals surface area contributed by atoms with Crippen LogP contribution in [0.2, 0.25) is 0 Å². The topological polar surface area (TPSA) is 81.8 Å². The summed E-state index contributed by atoms with van der Waals surface area (Å²) in [7, 11) is 1.74. The van der Waals surface area contributed by atoms with E-state index in [1.807, 2.05) is 0 Å². The molecule has 1 aliphatic rings. The molecule has 0 saturated heterocycles. The molecule has 0 fully saturated rings. The van der Waals surface area contributed by atoms with Crippen LogP contribution in [0.4, 0.5) is 5.82 Å². The Balaban J connectivity index is 2.19. The van der Waals surface area contributed by atoms with Gasteiger partial charge in [-0.2, -0.15) is 5.10 Å². The second-order valence-corrected chi connectivity index (χ2v) is 5.49. The van der Waals surface area contributed by atoms with E-state index in [2.05, 4.69) is 15.4 Å². The fourth-order valence-electron chi connectivity index (χ4n) is 2.08. The van der Waals surface area contributed by atoms with Gasteiger partial charge in [0.1, 0.15) is 11.2 Å². The van der Waals surface area contributed by atoms with Crippen LogP contribution in [-0.4, -0.2) is 37.4 Å². The molecule has 3 rings (SSSR count). The van der Waals surface area contributed by atoms with Crippen LogP contribution in [-0.2, 0) is 18.4 Å². The van der Waals surface area contributed by atoms with E-state index >= 15 is 0 Å². The predicted octanol–water partition coefficient (Wildman–Crippen LogP) is 0.237. The highest BCUT2D eigenvalue weighted by molar-refractivity contribution is 7.99. The Morgan fingerprint density at radius 2 is 2.32 bits per heavy atom. The van der Waals surface area contributed by atoms with Crippen LogP contribution in [0, 0.1) is 0 Å². The SMILES string of the molecule is CC(=O)CNc1nn(C)c2nc3n(c(=O)c12)CCS3. The van der Waals surface area contributed by atoms with E-state index in [-0.39, 0.29) is 17.9 Å². The number of carbonyl (C=O) groups is 1. The molecule has 0 aliphatic carbocycles. The lowest BCUT2D eigenvalue weighted by molar-refractivity contribution is -0.115. The highest BCUT2D eigenvalue weighted by Crippen LogP contribution is 2.25. The second-order valence-electron chi connectivity index (χ2n) is 4.43. The fourth-order valence-corrected chi connectivity index (χ4v) is 3.02. The van der Waals surface area contributed by atoms with Gasteiger partial charge in [-0.3, -0.25) is 14.2 Å². The Labute approximate surface area is 113 Å². The van der Waals surface area contributed by atoms with E-state index < -0.39 is 0 Å². The zero-order chi connectivity index (χ0) is 13.6. The Hall–Kier alpha value is -1.83. The molecule has 0 radical (unpaired) electrons. The van der Waals surface area contributed by atoms with Crippen molar-refractivity contribution in [2.24, 2.45) is 7.05 Å². The first-order chi connectivity index (χ1) is 9.08. The molecule has 0 spiro atoms. The largest absolute Gasteiger partial charge is 0.361 e. The molecule has 7 nitrogen and oxygen atoms in total. The minimum atomic E-state index is -0.0934. The highest BCUT2D eigenvalue weighted by atomic mass is 32.2.